The van der Waals surface area contributed by atoms with E-state index in [1.807, 2.05) is 11.0 Å². The first-order valence-electron chi connectivity index (χ1n) is 6.11. The van der Waals surface area contributed by atoms with Gasteiger partial charge in [-0.25, -0.2) is 4.39 Å². The maximum atomic E-state index is 12.8. The molecule has 2 heterocycles. The van der Waals surface area contributed by atoms with Crippen molar-refractivity contribution in [3.05, 3.63) is 57.9 Å². The largest absolute Gasteiger partial charge is 0.347 e. The fourth-order valence-corrected chi connectivity index (χ4v) is 2.80. The minimum Gasteiger partial charge on any atom is -0.347 e. The van der Waals surface area contributed by atoms with Crippen LogP contribution < -0.4 is 5.32 Å². The molecular formula is C14H12FN3OS. The molecule has 0 unspecified atom stereocenters. The van der Waals surface area contributed by atoms with Crippen LogP contribution in [-0.2, 0) is 11.3 Å². The standard InChI is InChI=1S/C14H12FN3OS/c15-11-3-1-10(2-4-11)7-17-14(19)12-8-18-9-16-6-5-13(18)20-12/h1-6,8H,7,9H2,(H,17,19). The average Bonchev–Trinajstić information content (AvgIpc) is 2.90. The van der Waals surface area contributed by atoms with Gasteiger partial charge in [-0.2, -0.15) is 0 Å². The van der Waals surface area contributed by atoms with E-state index in [4.69, 9.17) is 0 Å². The summed E-state index contributed by atoms with van der Waals surface area (Å²) in [7, 11) is 0. The quantitative estimate of drug-likeness (QED) is 0.928. The summed E-state index contributed by atoms with van der Waals surface area (Å²) in [6.07, 6.45) is 5.42. The van der Waals surface area contributed by atoms with Crippen LogP contribution in [0.1, 0.15) is 5.56 Å². The minimum absolute atomic E-state index is 0.130. The predicted octanol–water partition coefficient (Wildman–Crippen LogP) is 2.22. The van der Waals surface area contributed by atoms with Gasteiger partial charge in [-0.1, -0.05) is 23.9 Å². The maximum absolute atomic E-state index is 12.8. The van der Waals surface area contributed by atoms with Crippen molar-refractivity contribution >= 4 is 23.9 Å². The molecule has 0 saturated heterocycles. The first kappa shape index (κ1) is 12.9. The number of nitrogens with one attached hydrogen (secondary N) is 1. The number of allylic oxidation sites excluding steroid dienone is 1. The van der Waals surface area contributed by atoms with E-state index in [0.29, 0.717) is 18.1 Å². The van der Waals surface area contributed by atoms with Crippen molar-refractivity contribution in [2.75, 3.05) is 6.67 Å². The lowest BCUT2D eigenvalue weighted by Crippen LogP contribution is -2.23. The summed E-state index contributed by atoms with van der Waals surface area (Å²) in [6, 6.07) is 6.08. The van der Waals surface area contributed by atoms with Gasteiger partial charge in [-0.3, -0.25) is 9.79 Å². The highest BCUT2D eigenvalue weighted by Gasteiger charge is 2.24. The van der Waals surface area contributed by atoms with Gasteiger partial charge in [0.1, 0.15) is 12.5 Å². The van der Waals surface area contributed by atoms with E-state index in [0.717, 1.165) is 10.6 Å². The zero-order valence-electron chi connectivity index (χ0n) is 10.5. The Balaban J connectivity index is 1.59. The summed E-state index contributed by atoms with van der Waals surface area (Å²) >= 11 is 1.43. The van der Waals surface area contributed by atoms with Crippen LogP contribution in [0.4, 0.5) is 4.39 Å². The van der Waals surface area contributed by atoms with Crippen LogP contribution in [0.3, 0.4) is 0 Å². The Labute approximate surface area is 120 Å². The second-order valence-electron chi connectivity index (χ2n) is 4.35. The molecule has 0 aliphatic carbocycles. The van der Waals surface area contributed by atoms with Gasteiger partial charge in [0.2, 0.25) is 0 Å². The van der Waals surface area contributed by atoms with Crippen molar-refractivity contribution in [2.24, 2.45) is 4.99 Å². The Bertz CT molecular complexity index is 622. The third-order valence-corrected chi connectivity index (χ3v) is 4.01. The number of aliphatic imine (C=N–C) groups is 1. The summed E-state index contributed by atoms with van der Waals surface area (Å²) in [5.74, 6) is -0.410. The summed E-state index contributed by atoms with van der Waals surface area (Å²) in [4.78, 5) is 18.7. The van der Waals surface area contributed by atoms with Gasteiger partial charge < -0.3 is 10.2 Å². The van der Waals surface area contributed by atoms with Crippen molar-refractivity contribution in [3.8, 4) is 0 Å². The number of hydrogen-bond acceptors (Lipinski definition) is 4. The lowest BCUT2D eigenvalue weighted by molar-refractivity contribution is -0.117. The second-order valence-corrected chi connectivity index (χ2v) is 5.41. The molecule has 1 N–H and O–H groups in total. The molecule has 0 atom stereocenters. The number of carbonyl (C=O) groups excluding carboxylic acids is 1. The van der Waals surface area contributed by atoms with E-state index in [2.05, 4.69) is 10.3 Å². The molecule has 0 aromatic heterocycles. The Hall–Kier alpha value is -2.08. The fraction of sp³-hybridized carbons (Fsp3) is 0.143. The molecule has 1 amide bonds. The monoisotopic (exact) mass is 289 g/mol. The highest BCUT2D eigenvalue weighted by atomic mass is 32.2. The second kappa shape index (κ2) is 5.50. The van der Waals surface area contributed by atoms with E-state index in [1.54, 1.807) is 24.5 Å². The van der Waals surface area contributed by atoms with Crippen LogP contribution in [0.5, 0.6) is 0 Å². The molecule has 102 valence electrons. The molecule has 0 saturated carbocycles. The third kappa shape index (κ3) is 2.75. The summed E-state index contributed by atoms with van der Waals surface area (Å²) < 4.78 is 12.8. The number of amides is 1. The maximum Gasteiger partial charge on any atom is 0.259 e. The Morgan fingerprint density at radius 3 is 2.95 bits per heavy atom. The first-order chi connectivity index (χ1) is 9.72. The van der Waals surface area contributed by atoms with Gasteiger partial charge in [0.25, 0.3) is 5.91 Å². The number of nitrogens with zero attached hydrogens (tertiary/aromatic N) is 2. The number of benzene rings is 1. The predicted molar refractivity (Wildman–Crippen MR) is 77.2 cm³/mol. The highest BCUT2D eigenvalue weighted by molar-refractivity contribution is 8.07. The van der Waals surface area contributed by atoms with E-state index < -0.39 is 0 Å². The number of hydrogen-bond donors (Lipinski definition) is 1. The van der Waals surface area contributed by atoms with Crippen molar-refractivity contribution in [1.29, 1.82) is 0 Å². The summed E-state index contributed by atoms with van der Waals surface area (Å²) in [5.41, 5.74) is 0.864. The SMILES string of the molecule is O=C(NCc1ccc(F)cc1)C1=CN2CN=CC=C2S1. The van der Waals surface area contributed by atoms with Crippen LogP contribution in [0.15, 0.2) is 51.5 Å². The molecule has 0 fully saturated rings. The first-order valence-corrected chi connectivity index (χ1v) is 6.93. The van der Waals surface area contributed by atoms with Crippen LogP contribution in [0.25, 0.3) is 0 Å². The Kier molecular flexibility index (Phi) is 3.56. The number of rotatable bonds is 3. The lowest BCUT2D eigenvalue weighted by Gasteiger charge is -2.15. The molecule has 1 aromatic carbocycles. The van der Waals surface area contributed by atoms with Gasteiger partial charge in [0, 0.05) is 19.0 Å². The molecule has 6 heteroatoms. The summed E-state index contributed by atoms with van der Waals surface area (Å²) in [5, 5.41) is 3.83. The Morgan fingerprint density at radius 1 is 1.40 bits per heavy atom. The van der Waals surface area contributed by atoms with E-state index in [1.165, 1.54) is 23.9 Å². The van der Waals surface area contributed by atoms with Gasteiger partial charge in [0.15, 0.2) is 0 Å². The van der Waals surface area contributed by atoms with Gasteiger partial charge in [0.05, 0.1) is 9.93 Å². The molecule has 1 aromatic rings. The van der Waals surface area contributed by atoms with Crippen molar-refractivity contribution in [2.45, 2.75) is 6.54 Å². The van der Waals surface area contributed by atoms with Gasteiger partial charge in [-0.05, 0) is 23.8 Å². The normalized spacial score (nSPS) is 16.6. The van der Waals surface area contributed by atoms with Crippen LogP contribution in [0.2, 0.25) is 0 Å². The molecule has 2 aliphatic rings. The van der Waals surface area contributed by atoms with Crippen LogP contribution in [0, 0.1) is 5.82 Å². The fourth-order valence-electron chi connectivity index (χ4n) is 1.87. The highest BCUT2D eigenvalue weighted by Crippen LogP contribution is 2.36. The molecular weight excluding hydrogens is 277 g/mol. The molecule has 0 radical (unpaired) electrons. The number of carbonyl (C=O) groups is 1. The third-order valence-electron chi connectivity index (χ3n) is 2.92. The van der Waals surface area contributed by atoms with Crippen LogP contribution >= 0.6 is 11.8 Å². The molecule has 0 spiro atoms. The van der Waals surface area contributed by atoms with Crippen molar-refractivity contribution in [3.63, 3.8) is 0 Å². The van der Waals surface area contributed by atoms with Gasteiger partial charge in [-0.15, -0.1) is 0 Å². The molecule has 0 bridgehead atoms. The zero-order chi connectivity index (χ0) is 13.9. The Morgan fingerprint density at radius 2 is 2.20 bits per heavy atom. The van der Waals surface area contributed by atoms with Crippen molar-refractivity contribution < 1.29 is 9.18 Å². The van der Waals surface area contributed by atoms with Crippen molar-refractivity contribution in [1.82, 2.24) is 10.2 Å². The molecule has 20 heavy (non-hydrogen) atoms. The smallest absolute Gasteiger partial charge is 0.259 e. The summed E-state index contributed by atoms with van der Waals surface area (Å²) in [6.45, 7) is 0.931. The number of fused-ring (bicyclic) bond motifs is 1. The van der Waals surface area contributed by atoms with Crippen LogP contribution in [-0.4, -0.2) is 23.7 Å². The molecule has 3 rings (SSSR count). The molecule has 4 nitrogen and oxygen atoms in total. The molecule has 2 aliphatic heterocycles. The van der Waals surface area contributed by atoms with E-state index in [9.17, 15) is 9.18 Å². The lowest BCUT2D eigenvalue weighted by atomic mass is 10.2. The number of halogens is 1. The zero-order valence-corrected chi connectivity index (χ0v) is 11.4. The van der Waals surface area contributed by atoms with Gasteiger partial charge >= 0.3 is 0 Å². The minimum atomic E-state index is -0.280. The topological polar surface area (TPSA) is 44.7 Å². The van der Waals surface area contributed by atoms with E-state index >= 15 is 0 Å². The van der Waals surface area contributed by atoms with E-state index in [-0.39, 0.29) is 11.7 Å². The number of thioether (sulfide) groups is 1. The average molecular weight is 289 g/mol.